The summed E-state index contributed by atoms with van der Waals surface area (Å²) in [5.74, 6) is -2.32. The summed E-state index contributed by atoms with van der Waals surface area (Å²) in [6.45, 7) is 9.15. The third kappa shape index (κ3) is 4.28. The number of Topliss-reactive ketones (excluding diaryl/α,β-unsaturated/α-hetero) is 1. The molecule has 1 aliphatic heterocycles. The number of benzene rings is 1. The van der Waals surface area contributed by atoms with E-state index in [-0.39, 0.29) is 23.3 Å². The molecule has 9 heteroatoms. The summed E-state index contributed by atoms with van der Waals surface area (Å²) in [5.41, 5.74) is 2.58. The van der Waals surface area contributed by atoms with E-state index in [0.29, 0.717) is 46.4 Å². The number of pyridine rings is 1. The Morgan fingerprint density at radius 3 is 2.58 bits per heavy atom. The molecular weight excluding hydrogens is 467 g/mol. The summed E-state index contributed by atoms with van der Waals surface area (Å²) < 4.78 is 28.4. The average molecular weight is 497 g/mol. The van der Waals surface area contributed by atoms with Crippen LogP contribution in [-0.2, 0) is 27.8 Å². The quantitative estimate of drug-likeness (QED) is 0.301. The van der Waals surface area contributed by atoms with E-state index in [9.17, 15) is 19.5 Å². The minimum Gasteiger partial charge on any atom is -0.490 e. The molecule has 8 nitrogen and oxygen atoms in total. The highest BCUT2D eigenvalue weighted by Crippen LogP contribution is 2.44. The number of rotatable bonds is 6. The maximum atomic E-state index is 15.3. The van der Waals surface area contributed by atoms with Crippen molar-refractivity contribution >= 4 is 29.1 Å². The lowest BCUT2D eigenvalue weighted by molar-refractivity contribution is -0.160. The zero-order chi connectivity index (χ0) is 26.5. The fourth-order valence-electron chi connectivity index (χ4n) is 4.87. The Balaban J connectivity index is 2.17. The number of hydrogen-bond donors (Lipinski definition) is 1. The molecule has 1 atom stereocenters. The number of carbonyl (C=O) groups excluding carboxylic acids is 2. The number of ether oxygens (including phenoxy) is 2. The van der Waals surface area contributed by atoms with E-state index in [1.54, 1.807) is 34.7 Å². The van der Waals surface area contributed by atoms with E-state index in [1.165, 1.54) is 16.7 Å². The van der Waals surface area contributed by atoms with Gasteiger partial charge in [0.2, 0.25) is 5.78 Å². The largest absolute Gasteiger partial charge is 0.490 e. The molecule has 0 saturated heterocycles. The molecular formula is C27H29FN2O6. The van der Waals surface area contributed by atoms with Gasteiger partial charge in [-0.1, -0.05) is 0 Å². The lowest BCUT2D eigenvalue weighted by Crippen LogP contribution is -2.28. The van der Waals surface area contributed by atoms with Crippen LogP contribution in [-0.4, -0.2) is 44.9 Å². The van der Waals surface area contributed by atoms with E-state index in [4.69, 9.17) is 9.47 Å². The number of aldehydes is 1. The number of carbonyl (C=O) groups is 3. The number of fused-ring (bicyclic) bond motifs is 2. The molecule has 190 valence electrons. The number of ketones is 1. The van der Waals surface area contributed by atoms with Gasteiger partial charge in [0.1, 0.15) is 5.65 Å². The number of hydrogen-bond acceptors (Lipinski definition) is 6. The van der Waals surface area contributed by atoms with Gasteiger partial charge in [-0.25, -0.2) is 14.2 Å². The van der Waals surface area contributed by atoms with Crippen LogP contribution in [0.2, 0.25) is 0 Å². The molecule has 3 aromatic rings. The number of aryl methyl sites for hydroxylation is 2. The normalized spacial score (nSPS) is 14.3. The number of aliphatic carboxylic acids is 1. The van der Waals surface area contributed by atoms with Crippen molar-refractivity contribution < 1.29 is 33.4 Å². The Labute approximate surface area is 208 Å². The van der Waals surface area contributed by atoms with Gasteiger partial charge in [0, 0.05) is 34.8 Å². The molecule has 1 aliphatic rings. The number of halogens is 1. The Bertz CT molecular complexity index is 1420. The first-order valence-electron chi connectivity index (χ1n) is 11.7. The summed E-state index contributed by atoms with van der Waals surface area (Å²) >= 11 is 0. The van der Waals surface area contributed by atoms with Crippen molar-refractivity contribution in [2.45, 2.75) is 59.2 Å². The number of nitrogens with zero attached hydrogens (tertiary/aromatic N) is 2. The summed E-state index contributed by atoms with van der Waals surface area (Å²) in [7, 11) is 1.60. The second-order valence-corrected chi connectivity index (χ2v) is 10.0. The minimum absolute atomic E-state index is 0.0910. The van der Waals surface area contributed by atoms with Gasteiger partial charge in [-0.2, -0.15) is 0 Å². The zero-order valence-electron chi connectivity index (χ0n) is 21.2. The van der Waals surface area contributed by atoms with Gasteiger partial charge < -0.3 is 19.1 Å². The monoisotopic (exact) mass is 496 g/mol. The number of aromatic nitrogens is 2. The molecule has 0 spiro atoms. The van der Waals surface area contributed by atoms with Gasteiger partial charge in [-0.3, -0.25) is 9.59 Å². The molecule has 0 bridgehead atoms. The molecule has 1 unspecified atom stereocenters. The van der Waals surface area contributed by atoms with E-state index in [0.717, 1.165) is 12.0 Å². The van der Waals surface area contributed by atoms with Gasteiger partial charge in [-0.05, 0) is 70.7 Å². The standard InChI is InChI=1S/C27H29FN2O6/c1-13-15-8-7-9-35-23(15)18(28)10-16(13)22-17-11-19(20(32)12-31)30(6)25(17)29-14(2)21(22)24(26(33)34)36-27(3,4)5/h10-12,24H,7-9H2,1-6H3,(H,33,34). The number of carboxylic acid groups (broad SMARTS) is 1. The first kappa shape index (κ1) is 25.5. The van der Waals surface area contributed by atoms with Crippen LogP contribution in [0.4, 0.5) is 4.39 Å². The van der Waals surface area contributed by atoms with Gasteiger partial charge in [0.15, 0.2) is 24.0 Å². The van der Waals surface area contributed by atoms with Crippen LogP contribution in [0.15, 0.2) is 12.1 Å². The third-order valence-electron chi connectivity index (χ3n) is 6.43. The van der Waals surface area contributed by atoms with Crippen molar-refractivity contribution in [3.8, 4) is 16.9 Å². The van der Waals surface area contributed by atoms with Crippen LogP contribution in [0.3, 0.4) is 0 Å². The first-order valence-corrected chi connectivity index (χ1v) is 11.7. The molecule has 3 heterocycles. The third-order valence-corrected chi connectivity index (χ3v) is 6.43. The molecule has 0 fully saturated rings. The van der Waals surface area contributed by atoms with Crippen LogP contribution >= 0.6 is 0 Å². The Hall–Kier alpha value is -3.59. The van der Waals surface area contributed by atoms with E-state index >= 15 is 4.39 Å². The van der Waals surface area contributed by atoms with E-state index < -0.39 is 29.3 Å². The Kier molecular flexibility index (Phi) is 6.47. The molecule has 2 aromatic heterocycles. The maximum absolute atomic E-state index is 15.3. The fraction of sp³-hybridized carbons (Fsp3) is 0.407. The maximum Gasteiger partial charge on any atom is 0.337 e. The second kappa shape index (κ2) is 9.13. The highest BCUT2D eigenvalue weighted by molar-refractivity contribution is 6.33. The molecule has 1 N–H and O–H groups in total. The summed E-state index contributed by atoms with van der Waals surface area (Å²) in [6, 6.07) is 2.84. The van der Waals surface area contributed by atoms with Crippen molar-refractivity contribution in [2.75, 3.05) is 6.61 Å². The van der Waals surface area contributed by atoms with Crippen LogP contribution < -0.4 is 4.74 Å². The van der Waals surface area contributed by atoms with Crippen molar-refractivity contribution in [1.82, 2.24) is 9.55 Å². The lowest BCUT2D eigenvalue weighted by atomic mass is 9.86. The highest BCUT2D eigenvalue weighted by atomic mass is 19.1. The summed E-state index contributed by atoms with van der Waals surface area (Å²) in [6.07, 6.45) is 0.129. The van der Waals surface area contributed by atoms with Crippen LogP contribution in [0.5, 0.6) is 5.75 Å². The van der Waals surface area contributed by atoms with Gasteiger partial charge in [0.25, 0.3) is 0 Å². The Morgan fingerprint density at radius 1 is 1.28 bits per heavy atom. The van der Waals surface area contributed by atoms with Crippen molar-refractivity contribution in [3.05, 3.63) is 46.0 Å². The fourth-order valence-corrected chi connectivity index (χ4v) is 4.87. The minimum atomic E-state index is -1.42. The topological polar surface area (TPSA) is 108 Å². The molecule has 0 saturated carbocycles. The molecule has 0 amide bonds. The van der Waals surface area contributed by atoms with Crippen molar-refractivity contribution in [3.63, 3.8) is 0 Å². The van der Waals surface area contributed by atoms with Crippen LogP contribution in [0, 0.1) is 19.7 Å². The van der Waals surface area contributed by atoms with E-state index in [1.807, 2.05) is 6.92 Å². The second-order valence-electron chi connectivity index (χ2n) is 10.0. The Morgan fingerprint density at radius 2 is 1.97 bits per heavy atom. The smallest absolute Gasteiger partial charge is 0.337 e. The molecule has 0 aliphatic carbocycles. The van der Waals surface area contributed by atoms with Crippen molar-refractivity contribution in [1.29, 1.82) is 0 Å². The predicted octanol–water partition coefficient (Wildman–Crippen LogP) is 4.64. The average Bonchev–Trinajstić information content (AvgIpc) is 3.14. The summed E-state index contributed by atoms with van der Waals surface area (Å²) in [4.78, 5) is 40.8. The number of carboxylic acids is 1. The highest BCUT2D eigenvalue weighted by Gasteiger charge is 2.34. The zero-order valence-corrected chi connectivity index (χ0v) is 21.2. The molecule has 4 rings (SSSR count). The van der Waals surface area contributed by atoms with Gasteiger partial charge in [-0.15, -0.1) is 0 Å². The van der Waals surface area contributed by atoms with Crippen LogP contribution in [0.1, 0.15) is 66.2 Å². The molecule has 36 heavy (non-hydrogen) atoms. The molecule has 1 aromatic carbocycles. The molecule has 0 radical (unpaired) electrons. The van der Waals surface area contributed by atoms with Gasteiger partial charge in [0.05, 0.1) is 17.9 Å². The van der Waals surface area contributed by atoms with E-state index in [2.05, 4.69) is 4.98 Å². The first-order chi connectivity index (χ1) is 16.9. The predicted molar refractivity (Wildman–Crippen MR) is 131 cm³/mol. The van der Waals surface area contributed by atoms with Gasteiger partial charge >= 0.3 is 5.97 Å². The van der Waals surface area contributed by atoms with Crippen molar-refractivity contribution in [2.24, 2.45) is 7.05 Å². The SMILES string of the molecule is Cc1nc2c(cc(C(=O)C=O)n2C)c(-c2cc(F)c3c(c2C)CCCO3)c1C(OC(C)(C)C)C(=O)O. The summed E-state index contributed by atoms with van der Waals surface area (Å²) in [5, 5.41) is 10.6. The van der Waals surface area contributed by atoms with Crippen LogP contribution in [0.25, 0.3) is 22.2 Å². The lowest BCUT2D eigenvalue weighted by Gasteiger charge is -2.29.